The van der Waals surface area contributed by atoms with Crippen LogP contribution in [0.4, 0.5) is 4.39 Å². The van der Waals surface area contributed by atoms with Crippen molar-refractivity contribution in [1.29, 1.82) is 0 Å². The van der Waals surface area contributed by atoms with Crippen molar-refractivity contribution in [2.45, 2.75) is 33.4 Å². The highest BCUT2D eigenvalue weighted by molar-refractivity contribution is 6.31. The zero-order valence-corrected chi connectivity index (χ0v) is 12.0. The summed E-state index contributed by atoms with van der Waals surface area (Å²) in [5, 5.41) is 8.10. The summed E-state index contributed by atoms with van der Waals surface area (Å²) in [6.45, 7) is 6.32. The van der Waals surface area contributed by atoms with Crippen LogP contribution in [0, 0.1) is 12.7 Å². The summed E-state index contributed by atoms with van der Waals surface area (Å²) in [5.74, 6) is -0.241. The third kappa shape index (κ3) is 3.14. The summed E-state index contributed by atoms with van der Waals surface area (Å²) in [7, 11) is 0. The number of nitrogens with zero attached hydrogens (tertiary/aromatic N) is 2. The van der Waals surface area contributed by atoms with E-state index in [0.29, 0.717) is 22.8 Å². The fraction of sp³-hybridized carbons (Fsp3) is 0.357. The third-order valence-electron chi connectivity index (χ3n) is 2.87. The molecule has 0 aliphatic heterocycles. The smallest absolute Gasteiger partial charge is 0.129 e. The van der Waals surface area contributed by atoms with Gasteiger partial charge in [-0.3, -0.25) is 0 Å². The Morgan fingerprint density at radius 2 is 2.16 bits per heavy atom. The molecule has 0 aliphatic rings. The Kier molecular flexibility index (Phi) is 4.22. The van der Waals surface area contributed by atoms with Crippen LogP contribution >= 0.6 is 11.6 Å². The third-order valence-corrected chi connectivity index (χ3v) is 3.24. The van der Waals surface area contributed by atoms with Gasteiger partial charge in [0.25, 0.3) is 0 Å². The Bertz CT molecular complexity index is 559. The van der Waals surface area contributed by atoms with Crippen molar-refractivity contribution in [2.75, 3.05) is 0 Å². The highest BCUT2D eigenvalue weighted by Gasteiger charge is 2.12. The van der Waals surface area contributed by atoms with Crippen LogP contribution in [0.3, 0.4) is 0 Å². The first kappa shape index (κ1) is 14.0. The van der Waals surface area contributed by atoms with Crippen molar-refractivity contribution in [1.82, 2.24) is 15.1 Å². The molecule has 1 aromatic heterocycles. The lowest BCUT2D eigenvalue weighted by Gasteiger charge is -2.13. The zero-order valence-electron chi connectivity index (χ0n) is 11.2. The molecule has 3 nitrogen and oxygen atoms in total. The molecule has 0 saturated carbocycles. The first-order valence-corrected chi connectivity index (χ1v) is 6.59. The van der Waals surface area contributed by atoms with Gasteiger partial charge in [-0.25, -0.2) is 9.07 Å². The lowest BCUT2D eigenvalue weighted by atomic mass is 10.1. The van der Waals surface area contributed by atoms with Crippen LogP contribution < -0.4 is 5.32 Å². The molecule has 19 heavy (non-hydrogen) atoms. The van der Waals surface area contributed by atoms with Crippen LogP contribution in [-0.4, -0.2) is 15.8 Å². The van der Waals surface area contributed by atoms with Gasteiger partial charge in [-0.05, 0) is 19.1 Å². The number of aromatic nitrogens is 2. The highest BCUT2D eigenvalue weighted by Crippen LogP contribution is 2.21. The SMILES string of the molecule is Cc1nn(-c2cccc(F)c2CNC(C)C)cc1Cl. The molecule has 2 rings (SSSR count). The molecule has 0 bridgehead atoms. The van der Waals surface area contributed by atoms with Gasteiger partial charge in [-0.2, -0.15) is 5.10 Å². The van der Waals surface area contributed by atoms with Crippen molar-refractivity contribution in [3.8, 4) is 5.69 Å². The van der Waals surface area contributed by atoms with E-state index in [9.17, 15) is 4.39 Å². The molecule has 0 amide bonds. The quantitative estimate of drug-likeness (QED) is 0.930. The van der Waals surface area contributed by atoms with Gasteiger partial charge in [-0.1, -0.05) is 31.5 Å². The maximum Gasteiger partial charge on any atom is 0.129 e. The van der Waals surface area contributed by atoms with Crippen molar-refractivity contribution < 1.29 is 4.39 Å². The van der Waals surface area contributed by atoms with Crippen LogP contribution in [0.25, 0.3) is 5.69 Å². The normalized spacial score (nSPS) is 11.3. The molecule has 1 heterocycles. The number of aryl methyl sites for hydroxylation is 1. The number of hydrogen-bond acceptors (Lipinski definition) is 2. The number of rotatable bonds is 4. The second kappa shape index (κ2) is 5.72. The minimum Gasteiger partial charge on any atom is -0.310 e. The van der Waals surface area contributed by atoms with E-state index in [1.54, 1.807) is 16.9 Å². The van der Waals surface area contributed by atoms with Crippen LogP contribution in [0.1, 0.15) is 25.1 Å². The van der Waals surface area contributed by atoms with Gasteiger partial charge in [0.05, 0.1) is 16.4 Å². The molecule has 0 spiro atoms. The lowest BCUT2D eigenvalue weighted by molar-refractivity contribution is 0.549. The molecule has 0 atom stereocenters. The highest BCUT2D eigenvalue weighted by atomic mass is 35.5. The van der Waals surface area contributed by atoms with Crippen molar-refractivity contribution in [3.05, 3.63) is 46.5 Å². The Labute approximate surface area is 117 Å². The Morgan fingerprint density at radius 3 is 2.74 bits per heavy atom. The minimum atomic E-state index is -0.241. The van der Waals surface area contributed by atoms with E-state index in [0.717, 1.165) is 5.69 Å². The van der Waals surface area contributed by atoms with Gasteiger partial charge < -0.3 is 5.32 Å². The fourth-order valence-corrected chi connectivity index (χ4v) is 1.94. The fourth-order valence-electron chi connectivity index (χ4n) is 1.81. The second-order valence-corrected chi connectivity index (χ2v) is 5.19. The van der Waals surface area contributed by atoms with E-state index in [4.69, 9.17) is 11.6 Å². The Balaban J connectivity index is 2.42. The standard InChI is InChI=1S/C14H17ClFN3/c1-9(2)17-7-11-13(16)5-4-6-14(11)19-8-12(15)10(3)18-19/h4-6,8-9,17H,7H2,1-3H3. The first-order chi connectivity index (χ1) is 8.99. The minimum absolute atomic E-state index is 0.241. The summed E-state index contributed by atoms with van der Waals surface area (Å²) in [6, 6.07) is 5.26. The molecule has 0 fully saturated rings. The van der Waals surface area contributed by atoms with Gasteiger partial charge in [0, 0.05) is 24.3 Å². The Hall–Kier alpha value is -1.39. The molecule has 1 N–H and O–H groups in total. The van der Waals surface area contributed by atoms with Gasteiger partial charge in [0.1, 0.15) is 5.82 Å². The summed E-state index contributed by atoms with van der Waals surface area (Å²) < 4.78 is 15.6. The van der Waals surface area contributed by atoms with E-state index < -0.39 is 0 Å². The molecule has 0 radical (unpaired) electrons. The maximum atomic E-state index is 14.0. The number of benzene rings is 1. The maximum absolute atomic E-state index is 14.0. The molecule has 1 aromatic carbocycles. The molecule has 0 aliphatic carbocycles. The molecular weight excluding hydrogens is 265 g/mol. The predicted molar refractivity (Wildman–Crippen MR) is 75.2 cm³/mol. The molecule has 0 unspecified atom stereocenters. The molecule has 0 saturated heterocycles. The summed E-state index contributed by atoms with van der Waals surface area (Å²) in [4.78, 5) is 0. The van der Waals surface area contributed by atoms with E-state index in [1.807, 2.05) is 26.8 Å². The number of nitrogens with one attached hydrogen (secondary N) is 1. The van der Waals surface area contributed by atoms with Crippen molar-refractivity contribution >= 4 is 11.6 Å². The van der Waals surface area contributed by atoms with Gasteiger partial charge in [0.15, 0.2) is 0 Å². The predicted octanol–water partition coefficient (Wildman–Crippen LogP) is 3.47. The summed E-state index contributed by atoms with van der Waals surface area (Å²) >= 11 is 6.01. The average molecular weight is 282 g/mol. The van der Waals surface area contributed by atoms with Crippen LogP contribution in [0.15, 0.2) is 24.4 Å². The monoisotopic (exact) mass is 281 g/mol. The van der Waals surface area contributed by atoms with Crippen molar-refractivity contribution in [3.63, 3.8) is 0 Å². The number of hydrogen-bond donors (Lipinski definition) is 1. The molecule has 102 valence electrons. The van der Waals surface area contributed by atoms with Crippen LogP contribution in [0.2, 0.25) is 5.02 Å². The van der Waals surface area contributed by atoms with Crippen LogP contribution in [0.5, 0.6) is 0 Å². The molecule has 2 aromatic rings. The molecular formula is C14H17ClFN3. The van der Waals surface area contributed by atoms with Gasteiger partial charge >= 0.3 is 0 Å². The molecule has 5 heteroatoms. The van der Waals surface area contributed by atoms with Gasteiger partial charge in [0.2, 0.25) is 0 Å². The Morgan fingerprint density at radius 1 is 1.42 bits per heavy atom. The van der Waals surface area contributed by atoms with E-state index >= 15 is 0 Å². The number of halogens is 2. The zero-order chi connectivity index (χ0) is 14.0. The summed E-state index contributed by atoms with van der Waals surface area (Å²) in [5.41, 5.74) is 2.03. The summed E-state index contributed by atoms with van der Waals surface area (Å²) in [6.07, 6.45) is 1.70. The largest absolute Gasteiger partial charge is 0.310 e. The first-order valence-electron chi connectivity index (χ1n) is 6.22. The van der Waals surface area contributed by atoms with Crippen molar-refractivity contribution in [2.24, 2.45) is 0 Å². The topological polar surface area (TPSA) is 29.9 Å². The van der Waals surface area contributed by atoms with Gasteiger partial charge in [-0.15, -0.1) is 0 Å². The van der Waals surface area contributed by atoms with E-state index in [2.05, 4.69) is 10.4 Å². The van der Waals surface area contributed by atoms with E-state index in [-0.39, 0.29) is 11.9 Å². The van der Waals surface area contributed by atoms with Crippen LogP contribution in [-0.2, 0) is 6.54 Å². The average Bonchev–Trinajstić information content (AvgIpc) is 2.67. The lowest BCUT2D eigenvalue weighted by Crippen LogP contribution is -2.23. The second-order valence-electron chi connectivity index (χ2n) is 4.78. The van der Waals surface area contributed by atoms with E-state index in [1.165, 1.54) is 6.07 Å².